The summed E-state index contributed by atoms with van der Waals surface area (Å²) in [5.41, 5.74) is 1.92. The molecule has 0 radical (unpaired) electrons. The number of sulfone groups is 1. The highest BCUT2D eigenvalue weighted by Gasteiger charge is 2.30. The first-order chi connectivity index (χ1) is 9.70. The van der Waals surface area contributed by atoms with E-state index in [0.29, 0.717) is 13.0 Å². The summed E-state index contributed by atoms with van der Waals surface area (Å²) in [6, 6.07) is 4.83. The molecule has 1 aliphatic rings. The Hall–Kier alpha value is -1.89. The molecule has 1 N–H and O–H groups in total. The van der Waals surface area contributed by atoms with Crippen LogP contribution in [-0.4, -0.2) is 48.4 Å². The molecule has 0 spiro atoms. The lowest BCUT2D eigenvalue weighted by molar-refractivity contribution is -0.131. The number of hydrogen-bond acceptors (Lipinski definition) is 4. The maximum absolute atomic E-state index is 12.2. The van der Waals surface area contributed by atoms with E-state index in [1.54, 1.807) is 12.1 Å². The largest absolute Gasteiger partial charge is 0.478 e. The highest BCUT2D eigenvalue weighted by atomic mass is 32.2. The average molecular weight is 311 g/mol. The molecule has 0 aliphatic carbocycles. The Balaban J connectivity index is 2.24. The minimum absolute atomic E-state index is 0.166. The van der Waals surface area contributed by atoms with Crippen molar-refractivity contribution >= 4 is 21.7 Å². The van der Waals surface area contributed by atoms with Gasteiger partial charge in [0.1, 0.15) is 5.25 Å². The smallest absolute Gasteiger partial charge is 0.335 e. The van der Waals surface area contributed by atoms with Crippen LogP contribution in [-0.2, 0) is 27.6 Å². The number of hydrogen-bond donors (Lipinski definition) is 1. The summed E-state index contributed by atoms with van der Waals surface area (Å²) in [5, 5.41) is 7.91. The zero-order chi connectivity index (χ0) is 15.8. The van der Waals surface area contributed by atoms with Crippen LogP contribution in [0.3, 0.4) is 0 Å². The van der Waals surface area contributed by atoms with E-state index in [4.69, 9.17) is 5.11 Å². The topological polar surface area (TPSA) is 91.8 Å². The van der Waals surface area contributed by atoms with Gasteiger partial charge in [0.05, 0.1) is 5.56 Å². The van der Waals surface area contributed by atoms with Crippen molar-refractivity contribution in [2.24, 2.45) is 0 Å². The third-order valence-electron chi connectivity index (χ3n) is 3.77. The van der Waals surface area contributed by atoms with Gasteiger partial charge in [-0.2, -0.15) is 0 Å². The fourth-order valence-electron chi connectivity index (χ4n) is 2.32. The van der Waals surface area contributed by atoms with Gasteiger partial charge in [0.15, 0.2) is 9.84 Å². The first-order valence-electron chi connectivity index (χ1n) is 6.53. The van der Waals surface area contributed by atoms with Crippen molar-refractivity contribution in [2.75, 3.05) is 12.8 Å². The molecule has 1 heterocycles. The van der Waals surface area contributed by atoms with Crippen molar-refractivity contribution in [3.63, 3.8) is 0 Å². The van der Waals surface area contributed by atoms with Crippen molar-refractivity contribution < 1.29 is 23.1 Å². The molecule has 114 valence electrons. The minimum atomic E-state index is -3.44. The minimum Gasteiger partial charge on any atom is -0.478 e. The summed E-state index contributed by atoms with van der Waals surface area (Å²) >= 11 is 0. The van der Waals surface area contributed by atoms with Gasteiger partial charge in [0.2, 0.25) is 5.91 Å². The standard InChI is InChI=1S/C14H17NO5S/c1-9(21(2,19)20)13(16)15-6-5-10-3-4-11(14(17)18)7-12(10)8-15/h3-4,7,9H,5-6,8H2,1-2H3,(H,17,18). The second kappa shape index (κ2) is 5.48. The highest BCUT2D eigenvalue weighted by molar-refractivity contribution is 7.92. The van der Waals surface area contributed by atoms with Gasteiger partial charge in [0, 0.05) is 19.3 Å². The number of carbonyl (C=O) groups is 2. The van der Waals surface area contributed by atoms with Crippen LogP contribution in [0.2, 0.25) is 0 Å². The Bertz CT molecular complexity index is 695. The number of benzene rings is 1. The van der Waals surface area contributed by atoms with Gasteiger partial charge in [-0.1, -0.05) is 6.07 Å². The van der Waals surface area contributed by atoms with E-state index in [2.05, 4.69) is 0 Å². The highest BCUT2D eigenvalue weighted by Crippen LogP contribution is 2.22. The second-order valence-electron chi connectivity index (χ2n) is 5.27. The normalized spacial score (nSPS) is 16.2. The molecule has 6 nitrogen and oxygen atoms in total. The monoisotopic (exact) mass is 311 g/mol. The van der Waals surface area contributed by atoms with E-state index >= 15 is 0 Å². The van der Waals surface area contributed by atoms with Gasteiger partial charge < -0.3 is 10.0 Å². The SMILES string of the molecule is CC(C(=O)N1CCc2ccc(C(=O)O)cc2C1)S(C)(=O)=O. The van der Waals surface area contributed by atoms with Crippen LogP contribution in [0.5, 0.6) is 0 Å². The number of nitrogens with zero attached hydrogens (tertiary/aromatic N) is 1. The predicted molar refractivity (Wildman–Crippen MR) is 76.8 cm³/mol. The average Bonchev–Trinajstić information content (AvgIpc) is 2.43. The second-order valence-corrected chi connectivity index (χ2v) is 7.64. The maximum Gasteiger partial charge on any atom is 0.335 e. The molecular weight excluding hydrogens is 294 g/mol. The number of carboxylic acids is 1. The fraction of sp³-hybridized carbons (Fsp3) is 0.429. The van der Waals surface area contributed by atoms with Gasteiger partial charge in [-0.15, -0.1) is 0 Å². The molecule has 1 amide bonds. The maximum atomic E-state index is 12.2. The van der Waals surface area contributed by atoms with Crippen molar-refractivity contribution in [3.05, 3.63) is 34.9 Å². The summed E-state index contributed by atoms with van der Waals surface area (Å²) in [6.07, 6.45) is 1.63. The molecule has 0 aromatic heterocycles. The number of carboxylic acid groups (broad SMARTS) is 1. The molecule has 0 saturated carbocycles. The molecule has 1 atom stereocenters. The van der Waals surface area contributed by atoms with Gasteiger partial charge in [-0.05, 0) is 36.6 Å². The van der Waals surface area contributed by atoms with E-state index in [9.17, 15) is 18.0 Å². The number of fused-ring (bicyclic) bond motifs is 1. The zero-order valence-corrected chi connectivity index (χ0v) is 12.7. The molecule has 1 aromatic rings. The number of aromatic carboxylic acids is 1. The summed E-state index contributed by atoms with van der Waals surface area (Å²) in [7, 11) is -3.44. The first kappa shape index (κ1) is 15.5. The van der Waals surface area contributed by atoms with Crippen LogP contribution >= 0.6 is 0 Å². The lowest BCUT2D eigenvalue weighted by Crippen LogP contribution is -2.43. The molecule has 0 fully saturated rings. The van der Waals surface area contributed by atoms with Crippen molar-refractivity contribution in [3.8, 4) is 0 Å². The molecule has 0 bridgehead atoms. The molecular formula is C14H17NO5S. The Labute approximate surface area is 123 Å². The molecule has 1 unspecified atom stereocenters. The molecule has 0 saturated heterocycles. The van der Waals surface area contributed by atoms with Crippen LogP contribution in [0, 0.1) is 0 Å². The zero-order valence-electron chi connectivity index (χ0n) is 11.9. The van der Waals surface area contributed by atoms with E-state index in [1.807, 2.05) is 0 Å². The Morgan fingerprint density at radius 2 is 1.95 bits per heavy atom. The van der Waals surface area contributed by atoms with Gasteiger partial charge >= 0.3 is 5.97 Å². The quantitative estimate of drug-likeness (QED) is 0.887. The molecule has 1 aliphatic heterocycles. The Morgan fingerprint density at radius 3 is 2.52 bits per heavy atom. The molecule has 7 heteroatoms. The summed E-state index contributed by atoms with van der Waals surface area (Å²) in [4.78, 5) is 24.7. The van der Waals surface area contributed by atoms with Crippen molar-refractivity contribution in [2.45, 2.75) is 25.1 Å². The lowest BCUT2D eigenvalue weighted by atomic mass is 9.97. The summed E-state index contributed by atoms with van der Waals surface area (Å²) in [6.45, 7) is 2.06. The van der Waals surface area contributed by atoms with Crippen LogP contribution in [0.25, 0.3) is 0 Å². The first-order valence-corrected chi connectivity index (χ1v) is 8.48. The Morgan fingerprint density at radius 1 is 1.29 bits per heavy atom. The van der Waals surface area contributed by atoms with E-state index in [1.165, 1.54) is 17.9 Å². The van der Waals surface area contributed by atoms with Crippen molar-refractivity contribution in [1.29, 1.82) is 0 Å². The number of carbonyl (C=O) groups excluding carboxylic acids is 1. The van der Waals surface area contributed by atoms with Crippen molar-refractivity contribution in [1.82, 2.24) is 4.90 Å². The van der Waals surface area contributed by atoms with Crippen LogP contribution in [0.1, 0.15) is 28.4 Å². The molecule has 21 heavy (non-hydrogen) atoms. The van der Waals surface area contributed by atoms with Gasteiger partial charge in [-0.25, -0.2) is 13.2 Å². The predicted octanol–water partition coefficient (Wildman–Crippen LogP) is 0.703. The van der Waals surface area contributed by atoms with Crippen LogP contribution < -0.4 is 0 Å². The van der Waals surface area contributed by atoms with Gasteiger partial charge in [-0.3, -0.25) is 4.79 Å². The van der Waals surface area contributed by atoms with E-state index in [-0.39, 0.29) is 12.1 Å². The number of rotatable bonds is 3. The van der Waals surface area contributed by atoms with Crippen LogP contribution in [0.4, 0.5) is 0 Å². The Kier molecular flexibility index (Phi) is 4.04. The summed E-state index contributed by atoms with van der Waals surface area (Å²) in [5.74, 6) is -1.46. The van der Waals surface area contributed by atoms with E-state index in [0.717, 1.165) is 17.4 Å². The fourth-order valence-corrected chi connectivity index (χ4v) is 2.83. The molecule has 1 aromatic carbocycles. The lowest BCUT2D eigenvalue weighted by Gasteiger charge is -2.30. The molecule has 2 rings (SSSR count). The summed E-state index contributed by atoms with van der Waals surface area (Å²) < 4.78 is 23.0. The van der Waals surface area contributed by atoms with E-state index < -0.39 is 27.0 Å². The van der Waals surface area contributed by atoms with Crippen LogP contribution in [0.15, 0.2) is 18.2 Å². The third-order valence-corrected chi connectivity index (χ3v) is 5.25. The van der Waals surface area contributed by atoms with Gasteiger partial charge in [0.25, 0.3) is 0 Å². The third kappa shape index (κ3) is 3.24. The number of amides is 1.